The normalized spacial score (nSPS) is 12.5. The molecule has 0 saturated heterocycles. The molecule has 1 atom stereocenters. The van der Waals surface area contributed by atoms with Crippen LogP contribution in [0.4, 0.5) is 0 Å². The van der Waals surface area contributed by atoms with Crippen molar-refractivity contribution < 1.29 is 4.79 Å². The van der Waals surface area contributed by atoms with Gasteiger partial charge in [-0.15, -0.1) is 11.8 Å². The molecule has 18 heavy (non-hydrogen) atoms. The van der Waals surface area contributed by atoms with E-state index in [0.29, 0.717) is 5.92 Å². The molecule has 0 fully saturated rings. The van der Waals surface area contributed by atoms with E-state index in [-0.39, 0.29) is 11.9 Å². The molecule has 0 aliphatic rings. The molecular weight excluding hydrogens is 242 g/mol. The van der Waals surface area contributed by atoms with E-state index in [9.17, 15) is 4.79 Å². The molecule has 2 nitrogen and oxygen atoms in total. The van der Waals surface area contributed by atoms with Gasteiger partial charge in [0.25, 0.3) is 5.91 Å². The number of amides is 1. The predicted molar refractivity (Wildman–Crippen MR) is 79.2 cm³/mol. The van der Waals surface area contributed by atoms with Gasteiger partial charge in [0.1, 0.15) is 0 Å². The fourth-order valence-corrected chi connectivity index (χ4v) is 2.11. The standard InChI is InChI=1S/C15H23NOS/c1-11(2)5-6-12(3)16-15(17)13-7-9-14(18-4)10-8-13/h7-12H,5-6H2,1-4H3,(H,16,17). The van der Waals surface area contributed by atoms with Gasteiger partial charge in [0, 0.05) is 16.5 Å². The average Bonchev–Trinajstić information content (AvgIpc) is 2.36. The molecule has 1 amide bonds. The Bertz CT molecular complexity index is 373. The van der Waals surface area contributed by atoms with Crippen LogP contribution in [0.2, 0.25) is 0 Å². The van der Waals surface area contributed by atoms with Crippen LogP contribution in [0.15, 0.2) is 29.2 Å². The first kappa shape index (κ1) is 15.1. The molecule has 0 bridgehead atoms. The highest BCUT2D eigenvalue weighted by atomic mass is 32.2. The number of carbonyl (C=O) groups is 1. The lowest BCUT2D eigenvalue weighted by Gasteiger charge is -2.15. The Morgan fingerprint density at radius 2 is 1.78 bits per heavy atom. The van der Waals surface area contributed by atoms with Crippen molar-refractivity contribution >= 4 is 17.7 Å². The van der Waals surface area contributed by atoms with Crippen LogP contribution in [0.3, 0.4) is 0 Å². The van der Waals surface area contributed by atoms with E-state index < -0.39 is 0 Å². The minimum atomic E-state index is 0.0268. The summed E-state index contributed by atoms with van der Waals surface area (Å²) in [7, 11) is 0. The average molecular weight is 265 g/mol. The lowest BCUT2D eigenvalue weighted by atomic mass is 10.0. The van der Waals surface area contributed by atoms with Crippen LogP contribution in [-0.4, -0.2) is 18.2 Å². The Kier molecular flexibility index (Phi) is 6.27. The second kappa shape index (κ2) is 7.47. The molecule has 1 N–H and O–H groups in total. The summed E-state index contributed by atoms with van der Waals surface area (Å²) in [6.45, 7) is 6.47. The minimum absolute atomic E-state index is 0.0268. The zero-order valence-corrected chi connectivity index (χ0v) is 12.5. The number of rotatable bonds is 6. The lowest BCUT2D eigenvalue weighted by molar-refractivity contribution is 0.0937. The van der Waals surface area contributed by atoms with Crippen LogP contribution in [0.25, 0.3) is 0 Å². The molecule has 0 radical (unpaired) electrons. The third kappa shape index (κ3) is 5.13. The van der Waals surface area contributed by atoms with Gasteiger partial charge in [-0.05, 0) is 56.2 Å². The number of hydrogen-bond donors (Lipinski definition) is 1. The highest BCUT2D eigenvalue weighted by Gasteiger charge is 2.10. The molecule has 0 aromatic heterocycles. The third-order valence-electron chi connectivity index (χ3n) is 2.91. The van der Waals surface area contributed by atoms with Crippen molar-refractivity contribution in [3.8, 4) is 0 Å². The molecule has 3 heteroatoms. The van der Waals surface area contributed by atoms with Gasteiger partial charge < -0.3 is 5.32 Å². The second-order valence-electron chi connectivity index (χ2n) is 5.07. The minimum Gasteiger partial charge on any atom is -0.350 e. The zero-order valence-electron chi connectivity index (χ0n) is 11.7. The number of benzene rings is 1. The van der Waals surface area contributed by atoms with E-state index in [1.165, 1.54) is 4.90 Å². The van der Waals surface area contributed by atoms with E-state index >= 15 is 0 Å². The van der Waals surface area contributed by atoms with Gasteiger partial charge in [0.05, 0.1) is 0 Å². The number of thioether (sulfide) groups is 1. The summed E-state index contributed by atoms with van der Waals surface area (Å²) in [5, 5.41) is 3.04. The number of nitrogens with one attached hydrogen (secondary N) is 1. The summed E-state index contributed by atoms with van der Waals surface area (Å²) in [4.78, 5) is 13.2. The first-order valence-corrected chi connectivity index (χ1v) is 7.70. The fraction of sp³-hybridized carbons (Fsp3) is 0.533. The highest BCUT2D eigenvalue weighted by molar-refractivity contribution is 7.98. The predicted octanol–water partition coefficient (Wildman–Crippen LogP) is 3.96. The van der Waals surface area contributed by atoms with Crippen LogP contribution < -0.4 is 5.32 Å². The van der Waals surface area contributed by atoms with Crippen molar-refractivity contribution in [1.82, 2.24) is 5.32 Å². The topological polar surface area (TPSA) is 29.1 Å². The van der Waals surface area contributed by atoms with E-state index in [4.69, 9.17) is 0 Å². The molecule has 0 aliphatic carbocycles. The molecule has 0 aliphatic heterocycles. The van der Waals surface area contributed by atoms with Crippen LogP contribution >= 0.6 is 11.8 Å². The van der Waals surface area contributed by atoms with Gasteiger partial charge in [-0.25, -0.2) is 0 Å². The summed E-state index contributed by atoms with van der Waals surface area (Å²) in [5.41, 5.74) is 0.740. The van der Waals surface area contributed by atoms with E-state index in [0.717, 1.165) is 18.4 Å². The quantitative estimate of drug-likeness (QED) is 0.789. The number of carbonyl (C=O) groups excluding carboxylic acids is 1. The number of hydrogen-bond acceptors (Lipinski definition) is 2. The summed E-state index contributed by atoms with van der Waals surface area (Å²) >= 11 is 1.68. The third-order valence-corrected chi connectivity index (χ3v) is 3.65. The lowest BCUT2D eigenvalue weighted by Crippen LogP contribution is -2.32. The van der Waals surface area contributed by atoms with Crippen molar-refractivity contribution in [3.63, 3.8) is 0 Å². The molecule has 1 aromatic rings. The van der Waals surface area contributed by atoms with Gasteiger partial charge in [0.15, 0.2) is 0 Å². The molecule has 0 heterocycles. The summed E-state index contributed by atoms with van der Waals surface area (Å²) in [6.07, 6.45) is 4.21. The van der Waals surface area contributed by atoms with Crippen LogP contribution in [0.1, 0.15) is 44.0 Å². The summed E-state index contributed by atoms with van der Waals surface area (Å²) in [6, 6.07) is 7.98. The first-order chi connectivity index (χ1) is 8.52. The van der Waals surface area contributed by atoms with E-state index in [1.807, 2.05) is 30.5 Å². The summed E-state index contributed by atoms with van der Waals surface area (Å²) < 4.78 is 0. The zero-order chi connectivity index (χ0) is 13.5. The summed E-state index contributed by atoms with van der Waals surface area (Å²) in [5.74, 6) is 0.712. The van der Waals surface area contributed by atoms with Gasteiger partial charge in [-0.3, -0.25) is 4.79 Å². The maximum atomic E-state index is 12.0. The maximum absolute atomic E-state index is 12.0. The van der Waals surface area contributed by atoms with Gasteiger partial charge in [0.2, 0.25) is 0 Å². The highest BCUT2D eigenvalue weighted by Crippen LogP contribution is 2.15. The smallest absolute Gasteiger partial charge is 0.251 e. The van der Waals surface area contributed by atoms with Crippen LogP contribution in [-0.2, 0) is 0 Å². The van der Waals surface area contributed by atoms with Gasteiger partial charge in [-0.1, -0.05) is 13.8 Å². The largest absolute Gasteiger partial charge is 0.350 e. The monoisotopic (exact) mass is 265 g/mol. The van der Waals surface area contributed by atoms with Crippen LogP contribution in [0, 0.1) is 5.92 Å². The molecule has 100 valence electrons. The SMILES string of the molecule is CSc1ccc(C(=O)NC(C)CCC(C)C)cc1. The molecule has 1 rings (SSSR count). The van der Waals surface area contributed by atoms with Crippen molar-refractivity contribution in [2.45, 2.75) is 44.6 Å². The van der Waals surface area contributed by atoms with Crippen molar-refractivity contribution in [2.75, 3.05) is 6.26 Å². The van der Waals surface area contributed by atoms with Gasteiger partial charge in [-0.2, -0.15) is 0 Å². The van der Waals surface area contributed by atoms with Crippen LogP contribution in [0.5, 0.6) is 0 Å². The maximum Gasteiger partial charge on any atom is 0.251 e. The second-order valence-corrected chi connectivity index (χ2v) is 5.95. The fourth-order valence-electron chi connectivity index (χ4n) is 1.71. The molecular formula is C15H23NOS. The Morgan fingerprint density at radius 3 is 2.28 bits per heavy atom. The van der Waals surface area contributed by atoms with Crippen molar-refractivity contribution in [3.05, 3.63) is 29.8 Å². The molecule has 1 aromatic carbocycles. The van der Waals surface area contributed by atoms with E-state index in [1.54, 1.807) is 11.8 Å². The Balaban J connectivity index is 2.48. The van der Waals surface area contributed by atoms with E-state index in [2.05, 4.69) is 26.1 Å². The first-order valence-electron chi connectivity index (χ1n) is 6.48. The van der Waals surface area contributed by atoms with Gasteiger partial charge >= 0.3 is 0 Å². The van der Waals surface area contributed by atoms with Crippen molar-refractivity contribution in [2.24, 2.45) is 5.92 Å². The van der Waals surface area contributed by atoms with Crippen molar-refractivity contribution in [1.29, 1.82) is 0 Å². The Hall–Kier alpha value is -0.960. The Morgan fingerprint density at radius 1 is 1.17 bits per heavy atom. The molecule has 1 unspecified atom stereocenters. The Labute approximate surface area is 115 Å². The molecule has 0 saturated carbocycles. The molecule has 0 spiro atoms.